The van der Waals surface area contributed by atoms with Crippen LogP contribution >= 0.6 is 0 Å². The molecule has 2 N–H and O–H groups in total. The van der Waals surface area contributed by atoms with Gasteiger partial charge in [-0.15, -0.1) is 0 Å². The van der Waals surface area contributed by atoms with E-state index in [0.29, 0.717) is 11.1 Å². The molecule has 2 aromatic rings. The van der Waals surface area contributed by atoms with Gasteiger partial charge in [-0.3, -0.25) is 24.2 Å². The summed E-state index contributed by atoms with van der Waals surface area (Å²) in [6.45, 7) is 4.52. The molecule has 1 aliphatic carbocycles. The molecule has 1 heterocycles. The van der Waals surface area contributed by atoms with Gasteiger partial charge in [0.2, 0.25) is 5.91 Å². The molecule has 1 aromatic heterocycles. The van der Waals surface area contributed by atoms with Crippen molar-refractivity contribution < 1.29 is 24.3 Å². The SMILES string of the molecule is Cc1ncccc1-c1ccc2c(c1)C(=O)C(C(=O)NCC(=O)O)C(=O)C2(C)C. The molecular weight excluding hydrogens is 360 g/mol. The number of rotatable bonds is 4. The highest BCUT2D eigenvalue weighted by atomic mass is 16.4. The standard InChI is InChI=1S/C21H20N2O5/c1-11-13(5-4-8-22-11)12-6-7-15-14(9-12)18(26)17(19(27)21(15,2)3)20(28)23-10-16(24)25/h4-9,17H,10H2,1-3H3,(H,23,28)(H,24,25). The number of aromatic nitrogens is 1. The number of pyridine rings is 1. The Labute approximate surface area is 161 Å². The van der Waals surface area contributed by atoms with Crippen LogP contribution in [0.5, 0.6) is 0 Å². The van der Waals surface area contributed by atoms with E-state index in [2.05, 4.69) is 10.3 Å². The molecule has 7 heteroatoms. The van der Waals surface area contributed by atoms with E-state index in [9.17, 15) is 19.2 Å². The van der Waals surface area contributed by atoms with Crippen LogP contribution in [0.1, 0.15) is 35.5 Å². The normalized spacial score (nSPS) is 17.8. The van der Waals surface area contributed by atoms with Crippen molar-refractivity contribution in [2.75, 3.05) is 6.54 Å². The predicted molar refractivity (Wildman–Crippen MR) is 101 cm³/mol. The van der Waals surface area contributed by atoms with Crippen LogP contribution in [0.3, 0.4) is 0 Å². The smallest absolute Gasteiger partial charge is 0.322 e. The summed E-state index contributed by atoms with van der Waals surface area (Å²) in [6.07, 6.45) is 1.67. The lowest BCUT2D eigenvalue weighted by atomic mass is 9.66. The number of fused-ring (bicyclic) bond motifs is 1. The van der Waals surface area contributed by atoms with Gasteiger partial charge in [0.1, 0.15) is 6.54 Å². The number of nitrogens with one attached hydrogen (secondary N) is 1. The number of carboxylic acid groups (broad SMARTS) is 1. The van der Waals surface area contributed by atoms with Crippen molar-refractivity contribution in [2.24, 2.45) is 5.92 Å². The molecular formula is C21H20N2O5. The van der Waals surface area contributed by atoms with Crippen LogP contribution in [0, 0.1) is 12.8 Å². The van der Waals surface area contributed by atoms with E-state index in [1.165, 1.54) is 0 Å². The molecule has 0 saturated carbocycles. The number of aliphatic carboxylic acids is 1. The fourth-order valence-electron chi connectivity index (χ4n) is 3.52. The molecule has 7 nitrogen and oxygen atoms in total. The summed E-state index contributed by atoms with van der Waals surface area (Å²) in [5.41, 5.74) is 2.18. The van der Waals surface area contributed by atoms with Gasteiger partial charge in [0.25, 0.3) is 0 Å². The first-order chi connectivity index (χ1) is 13.1. The quantitative estimate of drug-likeness (QED) is 0.784. The highest BCUT2D eigenvalue weighted by molar-refractivity contribution is 6.29. The van der Waals surface area contributed by atoms with Crippen LogP contribution in [-0.4, -0.2) is 40.1 Å². The number of aryl methyl sites for hydroxylation is 1. The Kier molecular flexibility index (Phi) is 4.85. The average molecular weight is 380 g/mol. The third-order valence-corrected chi connectivity index (χ3v) is 5.09. The molecule has 0 aliphatic heterocycles. The van der Waals surface area contributed by atoms with Gasteiger partial charge in [-0.2, -0.15) is 0 Å². The number of carboxylic acids is 1. The fraction of sp³-hybridized carbons (Fsp3) is 0.286. The molecule has 3 rings (SSSR count). The number of amides is 1. The third-order valence-electron chi connectivity index (χ3n) is 5.09. The van der Waals surface area contributed by atoms with Crippen LogP contribution in [0.15, 0.2) is 36.5 Å². The van der Waals surface area contributed by atoms with Crippen molar-refractivity contribution >= 4 is 23.4 Å². The van der Waals surface area contributed by atoms with Gasteiger partial charge in [0.15, 0.2) is 17.5 Å². The Morgan fingerprint density at radius 2 is 1.89 bits per heavy atom. The second kappa shape index (κ2) is 6.99. The highest BCUT2D eigenvalue weighted by Crippen LogP contribution is 2.39. The number of ketones is 2. The highest BCUT2D eigenvalue weighted by Gasteiger charge is 2.49. The summed E-state index contributed by atoms with van der Waals surface area (Å²) in [5.74, 6) is -4.87. The molecule has 1 amide bonds. The van der Waals surface area contributed by atoms with E-state index in [1.54, 1.807) is 38.2 Å². The Balaban J connectivity index is 2.08. The number of carbonyl (C=O) groups excluding carboxylic acids is 3. The van der Waals surface area contributed by atoms with Gasteiger partial charge in [-0.1, -0.05) is 18.2 Å². The molecule has 144 valence electrons. The first kappa shape index (κ1) is 19.4. The Morgan fingerprint density at radius 3 is 2.54 bits per heavy atom. The summed E-state index contributed by atoms with van der Waals surface area (Å²) in [5, 5.41) is 10.9. The molecule has 1 atom stereocenters. The topological polar surface area (TPSA) is 113 Å². The second-order valence-electron chi connectivity index (χ2n) is 7.29. The van der Waals surface area contributed by atoms with E-state index in [-0.39, 0.29) is 0 Å². The van der Waals surface area contributed by atoms with Gasteiger partial charge >= 0.3 is 5.97 Å². The largest absolute Gasteiger partial charge is 0.480 e. The lowest BCUT2D eigenvalue weighted by molar-refractivity contribution is -0.140. The maximum Gasteiger partial charge on any atom is 0.322 e. The number of Topliss-reactive ketones (excluding diaryl/α,β-unsaturated/α-hetero) is 2. The van der Waals surface area contributed by atoms with Crippen LogP contribution in [-0.2, 0) is 19.8 Å². The van der Waals surface area contributed by atoms with Crippen molar-refractivity contribution in [1.82, 2.24) is 10.3 Å². The fourth-order valence-corrected chi connectivity index (χ4v) is 3.52. The van der Waals surface area contributed by atoms with Gasteiger partial charge in [-0.05, 0) is 44.0 Å². The number of benzene rings is 1. The van der Waals surface area contributed by atoms with Crippen LogP contribution in [0.2, 0.25) is 0 Å². The molecule has 0 spiro atoms. The van der Waals surface area contributed by atoms with Crippen LogP contribution in [0.4, 0.5) is 0 Å². The molecule has 1 aromatic carbocycles. The van der Waals surface area contributed by atoms with E-state index >= 15 is 0 Å². The zero-order valence-corrected chi connectivity index (χ0v) is 15.8. The Hall–Kier alpha value is -3.35. The number of hydrogen-bond donors (Lipinski definition) is 2. The zero-order chi connectivity index (χ0) is 20.6. The minimum Gasteiger partial charge on any atom is -0.480 e. The summed E-state index contributed by atoms with van der Waals surface area (Å²) < 4.78 is 0. The van der Waals surface area contributed by atoms with Crippen LogP contribution < -0.4 is 5.32 Å². The average Bonchev–Trinajstić information content (AvgIpc) is 2.65. The van der Waals surface area contributed by atoms with Gasteiger partial charge < -0.3 is 10.4 Å². The summed E-state index contributed by atoms with van der Waals surface area (Å²) in [7, 11) is 0. The molecule has 28 heavy (non-hydrogen) atoms. The monoisotopic (exact) mass is 380 g/mol. The lowest BCUT2D eigenvalue weighted by Gasteiger charge is -2.34. The molecule has 0 radical (unpaired) electrons. The molecule has 0 bridgehead atoms. The second-order valence-corrected chi connectivity index (χ2v) is 7.29. The van der Waals surface area contributed by atoms with Crippen molar-refractivity contribution in [3.8, 4) is 11.1 Å². The van der Waals surface area contributed by atoms with E-state index in [4.69, 9.17) is 5.11 Å². The number of carbonyl (C=O) groups is 4. The molecule has 0 saturated heterocycles. The third kappa shape index (κ3) is 3.19. The lowest BCUT2D eigenvalue weighted by Crippen LogP contribution is -2.51. The minimum atomic E-state index is -1.56. The Morgan fingerprint density at radius 1 is 1.18 bits per heavy atom. The first-order valence-electron chi connectivity index (χ1n) is 8.79. The van der Waals surface area contributed by atoms with Gasteiger partial charge in [0.05, 0.1) is 5.41 Å². The maximum absolute atomic E-state index is 13.0. The maximum atomic E-state index is 13.0. The Bertz CT molecular complexity index is 1010. The van der Waals surface area contributed by atoms with Crippen molar-refractivity contribution in [2.45, 2.75) is 26.2 Å². The minimum absolute atomic E-state index is 0.292. The number of nitrogens with zero attached hydrogens (tertiary/aromatic N) is 1. The number of hydrogen-bond acceptors (Lipinski definition) is 5. The zero-order valence-electron chi connectivity index (χ0n) is 15.8. The van der Waals surface area contributed by atoms with E-state index < -0.39 is 41.3 Å². The first-order valence-corrected chi connectivity index (χ1v) is 8.79. The summed E-state index contributed by atoms with van der Waals surface area (Å²) in [6, 6.07) is 8.91. The predicted octanol–water partition coefficient (Wildman–Crippen LogP) is 1.92. The van der Waals surface area contributed by atoms with Crippen LogP contribution in [0.25, 0.3) is 11.1 Å². The molecule has 1 unspecified atom stereocenters. The summed E-state index contributed by atoms with van der Waals surface area (Å²) >= 11 is 0. The molecule has 1 aliphatic rings. The van der Waals surface area contributed by atoms with E-state index in [0.717, 1.165) is 16.8 Å². The van der Waals surface area contributed by atoms with Gasteiger partial charge in [-0.25, -0.2) is 0 Å². The van der Waals surface area contributed by atoms with Crippen molar-refractivity contribution in [1.29, 1.82) is 0 Å². The van der Waals surface area contributed by atoms with Crippen molar-refractivity contribution in [3.05, 3.63) is 53.3 Å². The van der Waals surface area contributed by atoms with E-state index in [1.807, 2.05) is 19.1 Å². The molecule has 0 fully saturated rings. The van der Waals surface area contributed by atoms with Gasteiger partial charge in [0, 0.05) is 23.0 Å². The van der Waals surface area contributed by atoms with Crippen molar-refractivity contribution in [3.63, 3.8) is 0 Å². The summed E-state index contributed by atoms with van der Waals surface area (Å²) in [4.78, 5) is 53.3.